The fraction of sp³-hybridized carbons (Fsp3) is 0.750. The number of nitrogens with zero attached hydrogens (tertiary/aromatic N) is 2. The molecule has 3 fully saturated rings. The highest BCUT2D eigenvalue weighted by Crippen LogP contribution is 2.72. The van der Waals surface area contributed by atoms with Crippen molar-refractivity contribution >= 4 is 29.6 Å². The van der Waals surface area contributed by atoms with Crippen LogP contribution in [0.4, 0.5) is 9.18 Å². The number of carbonyl (C=O) groups is 5. The van der Waals surface area contributed by atoms with Crippen molar-refractivity contribution in [3.05, 3.63) is 44.0 Å². The van der Waals surface area contributed by atoms with E-state index in [1.165, 1.54) is 32.9 Å². The molecule has 0 aromatic rings. The van der Waals surface area contributed by atoms with Crippen LogP contribution in [0.1, 0.15) is 80.6 Å². The monoisotopic (exact) mass is 813 g/mol. The van der Waals surface area contributed by atoms with Gasteiger partial charge in [0.2, 0.25) is 5.78 Å². The van der Waals surface area contributed by atoms with Gasteiger partial charge in [-0.05, 0) is 72.8 Å². The molecule has 2 N–H and O–H groups in total. The van der Waals surface area contributed by atoms with Crippen molar-refractivity contribution in [3.8, 4) is 0 Å². The van der Waals surface area contributed by atoms with E-state index in [0.29, 0.717) is 5.57 Å². The number of aliphatic hydroxyl groups is 1. The van der Waals surface area contributed by atoms with Crippen molar-refractivity contribution in [2.75, 3.05) is 19.8 Å². The molecule has 4 aliphatic carbocycles. The van der Waals surface area contributed by atoms with Crippen LogP contribution < -0.4 is 5.32 Å². The highest BCUT2D eigenvalue weighted by atomic mass is 19.1. The SMILES string of the molecule is CC(C)(C)OC(=O)NC(CC(=O)OCC(=O)[C@@]12OC(C)(C)O[C@@H]1CC1C3CC=C4CC(=O)C=C[C@]4(C)[C@@]3(F)[C@@H](O)C[C@@]12C)C(=O)OCC(CO[N+](=O)[O-])O[N+](=O)[O-]. The number of hydrogen-bond donors (Lipinski definition) is 2. The molecule has 20 nitrogen and oxygen atoms in total. The summed E-state index contributed by atoms with van der Waals surface area (Å²) >= 11 is 0. The van der Waals surface area contributed by atoms with Gasteiger partial charge in [-0.15, -0.1) is 20.2 Å². The largest absolute Gasteiger partial charge is 0.462 e. The lowest BCUT2D eigenvalue weighted by atomic mass is 9.45. The number of halogens is 1. The van der Waals surface area contributed by atoms with Crippen LogP contribution in [0.25, 0.3) is 0 Å². The Morgan fingerprint density at radius 2 is 1.75 bits per heavy atom. The van der Waals surface area contributed by atoms with Crippen molar-refractivity contribution in [1.82, 2.24) is 5.32 Å². The number of nitrogens with one attached hydrogen (secondary N) is 1. The summed E-state index contributed by atoms with van der Waals surface area (Å²) < 4.78 is 45.9. The van der Waals surface area contributed by atoms with Gasteiger partial charge in [0.05, 0.1) is 18.6 Å². The predicted octanol–water partition coefficient (Wildman–Crippen LogP) is 2.58. The zero-order valence-corrected chi connectivity index (χ0v) is 32.6. The normalized spacial score (nSPS) is 34.5. The van der Waals surface area contributed by atoms with Crippen LogP contribution in [0.5, 0.6) is 0 Å². The molecule has 0 aromatic carbocycles. The molecule has 1 aliphatic heterocycles. The summed E-state index contributed by atoms with van der Waals surface area (Å²) in [5.74, 6) is -6.22. The van der Waals surface area contributed by atoms with Crippen LogP contribution in [0.3, 0.4) is 0 Å². The molecule has 21 heteroatoms. The Hall–Kier alpha value is -4.76. The van der Waals surface area contributed by atoms with Crippen molar-refractivity contribution in [2.45, 2.75) is 128 Å². The van der Waals surface area contributed by atoms with Gasteiger partial charge in [-0.25, -0.2) is 14.0 Å². The summed E-state index contributed by atoms with van der Waals surface area (Å²) in [7, 11) is 0. The number of fused-ring (bicyclic) bond motifs is 7. The maximum Gasteiger partial charge on any atom is 0.408 e. The molecule has 1 amide bonds. The van der Waals surface area contributed by atoms with E-state index in [9.17, 15) is 49.3 Å². The van der Waals surface area contributed by atoms with E-state index in [2.05, 4.69) is 15.0 Å². The van der Waals surface area contributed by atoms with Gasteiger partial charge in [-0.2, -0.15) is 0 Å². The van der Waals surface area contributed by atoms with Gasteiger partial charge < -0.3 is 43.8 Å². The van der Waals surface area contributed by atoms with Crippen LogP contribution in [-0.2, 0) is 52.5 Å². The smallest absolute Gasteiger partial charge is 0.408 e. The topological polar surface area (TPSA) is 268 Å². The Balaban J connectivity index is 1.34. The molecule has 0 radical (unpaired) electrons. The number of rotatable bonds is 14. The quantitative estimate of drug-likeness (QED) is 0.0839. The third kappa shape index (κ3) is 8.05. The van der Waals surface area contributed by atoms with Crippen molar-refractivity contribution in [3.63, 3.8) is 0 Å². The van der Waals surface area contributed by atoms with E-state index in [4.69, 9.17) is 23.7 Å². The first-order valence-electron chi connectivity index (χ1n) is 18.4. The van der Waals surface area contributed by atoms with E-state index in [1.807, 2.05) is 6.08 Å². The van der Waals surface area contributed by atoms with E-state index in [1.54, 1.807) is 27.7 Å². The van der Waals surface area contributed by atoms with Crippen molar-refractivity contribution in [1.29, 1.82) is 0 Å². The van der Waals surface area contributed by atoms with Gasteiger partial charge in [-0.3, -0.25) is 14.4 Å². The molecular weight excluding hydrogens is 765 g/mol. The maximum atomic E-state index is 17.7. The molecule has 2 saturated carbocycles. The second kappa shape index (κ2) is 15.2. The first-order valence-corrected chi connectivity index (χ1v) is 18.4. The van der Waals surface area contributed by atoms with Crippen molar-refractivity contribution < 1.29 is 77.0 Å². The van der Waals surface area contributed by atoms with Crippen LogP contribution in [0.15, 0.2) is 23.8 Å². The fourth-order valence-corrected chi connectivity index (χ4v) is 9.49. The van der Waals surface area contributed by atoms with E-state index in [0.717, 1.165) is 0 Å². The molecule has 0 bridgehead atoms. The number of carbonyl (C=O) groups excluding carboxylic acids is 5. The lowest BCUT2D eigenvalue weighted by molar-refractivity contribution is -0.790. The minimum atomic E-state index is -2.21. The number of ether oxygens (including phenoxy) is 5. The first kappa shape index (κ1) is 43.4. The Kier molecular flexibility index (Phi) is 11.6. The van der Waals surface area contributed by atoms with Crippen molar-refractivity contribution in [2.24, 2.45) is 22.7 Å². The Morgan fingerprint density at radius 1 is 1.07 bits per heavy atom. The Labute approximate surface area is 325 Å². The minimum absolute atomic E-state index is 0.0260. The fourth-order valence-electron chi connectivity index (χ4n) is 9.49. The van der Waals surface area contributed by atoms with Gasteiger partial charge in [0.1, 0.15) is 24.9 Å². The van der Waals surface area contributed by atoms with Gasteiger partial charge in [-0.1, -0.05) is 24.6 Å². The van der Waals surface area contributed by atoms with E-state index >= 15 is 4.39 Å². The second-order valence-electron chi connectivity index (χ2n) is 16.9. The first-order chi connectivity index (χ1) is 26.3. The highest BCUT2D eigenvalue weighted by molar-refractivity contribution is 5.94. The number of Topliss-reactive ketones (excluding diaryl/α,β-unsaturated/α-hetero) is 1. The van der Waals surface area contributed by atoms with Crippen LogP contribution in [0, 0.1) is 42.9 Å². The molecule has 5 aliphatic rings. The molecule has 316 valence electrons. The van der Waals surface area contributed by atoms with E-state index in [-0.39, 0.29) is 31.5 Å². The summed E-state index contributed by atoms with van der Waals surface area (Å²) in [6.45, 7) is 8.18. The molecule has 57 heavy (non-hydrogen) atoms. The third-order valence-electron chi connectivity index (χ3n) is 11.7. The number of hydrogen-bond acceptors (Lipinski definition) is 17. The molecule has 4 unspecified atom stereocenters. The lowest BCUT2D eigenvalue weighted by Crippen LogP contribution is -2.69. The number of ketones is 2. The average Bonchev–Trinajstić information content (AvgIpc) is 3.49. The molecule has 0 spiro atoms. The molecule has 1 saturated heterocycles. The molecule has 0 aromatic heterocycles. The van der Waals surface area contributed by atoms with Gasteiger partial charge in [0, 0.05) is 23.2 Å². The molecular formula is C36H48FN3O17. The number of aliphatic hydroxyl groups excluding tert-OH is 1. The number of allylic oxidation sites excluding steroid dienone is 4. The second-order valence-corrected chi connectivity index (χ2v) is 16.9. The number of alkyl halides is 1. The summed E-state index contributed by atoms with van der Waals surface area (Å²) in [5.41, 5.74) is -7.06. The zero-order valence-electron chi connectivity index (χ0n) is 32.6. The summed E-state index contributed by atoms with van der Waals surface area (Å²) in [6.07, 6.45) is -1.66. The number of alkyl carbamates (subject to hydrolysis) is 1. The summed E-state index contributed by atoms with van der Waals surface area (Å²) in [4.78, 5) is 95.4. The Bertz CT molecular complexity index is 1760. The molecule has 10 atom stereocenters. The average molecular weight is 814 g/mol. The highest BCUT2D eigenvalue weighted by Gasteiger charge is 2.80. The van der Waals surface area contributed by atoms with Crippen LogP contribution in [-0.4, -0.2) is 112 Å². The van der Waals surface area contributed by atoms with E-state index < -0.39 is 130 Å². The van der Waals surface area contributed by atoms with Gasteiger partial charge >= 0.3 is 18.0 Å². The van der Waals surface area contributed by atoms with Crippen LogP contribution >= 0.6 is 0 Å². The molecule has 5 rings (SSSR count). The standard InChI is InChI=1S/C36H48FN3O17/c1-31(2,3)55-30(46)38-24(29(45)52-16-21(56-40(49)50)17-53-39(47)48)14-28(44)51-18-26(43)36-27(54-32(4,5)57-36)13-23-22-9-8-19-12-20(41)10-11-33(19,6)35(22,37)25(42)15-34(23,36)7/h8,10-11,21-25,27,42H,9,12-18H2,1-7H3,(H,38,46)/t21?,22?,23?,24?,25-,27+,33-,34-,35-,36+/m0/s1. The van der Waals surface area contributed by atoms with Gasteiger partial charge in [0.15, 0.2) is 35.6 Å². The summed E-state index contributed by atoms with van der Waals surface area (Å²) in [5, 5.41) is 32.8. The maximum absolute atomic E-state index is 17.7. The number of esters is 2. The lowest BCUT2D eigenvalue weighted by Gasteiger charge is -2.62. The third-order valence-corrected chi connectivity index (χ3v) is 11.7. The van der Waals surface area contributed by atoms with Crippen LogP contribution in [0.2, 0.25) is 0 Å². The zero-order chi connectivity index (χ0) is 42.5. The van der Waals surface area contributed by atoms with Gasteiger partial charge in [0.25, 0.3) is 10.2 Å². The summed E-state index contributed by atoms with van der Waals surface area (Å²) in [6, 6.07) is -1.86. The number of amides is 1. The Morgan fingerprint density at radius 3 is 2.39 bits per heavy atom. The minimum Gasteiger partial charge on any atom is -0.462 e. The molecule has 1 heterocycles. The predicted molar refractivity (Wildman–Crippen MR) is 186 cm³/mol.